The van der Waals surface area contributed by atoms with Crippen LogP contribution in [0.1, 0.15) is 25.3 Å². The van der Waals surface area contributed by atoms with E-state index in [2.05, 4.69) is 5.32 Å². The van der Waals surface area contributed by atoms with Gasteiger partial charge in [0.2, 0.25) is 11.8 Å². The van der Waals surface area contributed by atoms with Gasteiger partial charge in [0.15, 0.2) is 0 Å². The van der Waals surface area contributed by atoms with E-state index in [4.69, 9.17) is 23.2 Å². The molecule has 1 N–H and O–H groups in total. The van der Waals surface area contributed by atoms with Gasteiger partial charge >= 0.3 is 0 Å². The Morgan fingerprint density at radius 1 is 1.35 bits per heavy atom. The number of nitrogens with zero attached hydrogens (tertiary/aromatic N) is 1. The van der Waals surface area contributed by atoms with Crippen LogP contribution >= 0.6 is 23.2 Å². The maximum atomic E-state index is 12.0. The molecule has 0 spiro atoms. The molecule has 1 aliphatic heterocycles. The quantitative estimate of drug-likeness (QED) is 0.928. The molecule has 1 aliphatic rings. The summed E-state index contributed by atoms with van der Waals surface area (Å²) < 4.78 is 0. The van der Waals surface area contributed by atoms with Gasteiger partial charge in [0.05, 0.1) is 6.54 Å². The number of piperazine rings is 1. The third kappa shape index (κ3) is 3.25. The van der Waals surface area contributed by atoms with Gasteiger partial charge in [0, 0.05) is 16.6 Å². The summed E-state index contributed by atoms with van der Waals surface area (Å²) in [7, 11) is 0. The zero-order valence-electron chi connectivity index (χ0n) is 11.2. The fraction of sp³-hybridized carbons (Fsp3) is 0.429. The van der Waals surface area contributed by atoms with E-state index in [9.17, 15) is 9.59 Å². The van der Waals surface area contributed by atoms with Crippen molar-refractivity contribution >= 4 is 35.0 Å². The molecule has 108 valence electrons. The van der Waals surface area contributed by atoms with Crippen LogP contribution in [0.2, 0.25) is 10.0 Å². The SMILES string of the molecule is CCCC1C(=O)NCC(=O)N1Cc1ccc(Cl)cc1Cl. The summed E-state index contributed by atoms with van der Waals surface area (Å²) in [4.78, 5) is 25.6. The van der Waals surface area contributed by atoms with Crippen LogP contribution in [-0.2, 0) is 16.1 Å². The maximum absolute atomic E-state index is 12.0. The highest BCUT2D eigenvalue weighted by Crippen LogP contribution is 2.24. The molecule has 0 radical (unpaired) electrons. The molecule has 2 rings (SSSR count). The summed E-state index contributed by atoms with van der Waals surface area (Å²) in [5.74, 6) is -0.189. The molecule has 0 saturated carbocycles. The zero-order valence-corrected chi connectivity index (χ0v) is 12.7. The predicted molar refractivity (Wildman–Crippen MR) is 78.7 cm³/mol. The lowest BCUT2D eigenvalue weighted by molar-refractivity contribution is -0.146. The van der Waals surface area contributed by atoms with E-state index >= 15 is 0 Å². The highest BCUT2D eigenvalue weighted by atomic mass is 35.5. The van der Waals surface area contributed by atoms with Crippen LogP contribution in [0.15, 0.2) is 18.2 Å². The number of hydrogen-bond acceptors (Lipinski definition) is 2. The molecule has 1 unspecified atom stereocenters. The average molecular weight is 315 g/mol. The number of rotatable bonds is 4. The molecule has 0 aliphatic carbocycles. The summed E-state index contributed by atoms with van der Waals surface area (Å²) in [6.45, 7) is 2.36. The predicted octanol–water partition coefficient (Wildman–Crippen LogP) is 2.62. The highest BCUT2D eigenvalue weighted by molar-refractivity contribution is 6.35. The number of carbonyl (C=O) groups is 2. The van der Waals surface area contributed by atoms with Gasteiger partial charge in [-0.15, -0.1) is 0 Å². The van der Waals surface area contributed by atoms with Crippen molar-refractivity contribution < 1.29 is 9.59 Å². The lowest BCUT2D eigenvalue weighted by Crippen LogP contribution is -2.57. The summed E-state index contributed by atoms with van der Waals surface area (Å²) in [6, 6.07) is 4.73. The molecule has 1 fully saturated rings. The second kappa shape index (κ2) is 6.46. The lowest BCUT2D eigenvalue weighted by atomic mass is 10.1. The molecule has 4 nitrogen and oxygen atoms in total. The van der Waals surface area contributed by atoms with Crippen molar-refractivity contribution in [1.29, 1.82) is 0 Å². The molecule has 1 aromatic carbocycles. The van der Waals surface area contributed by atoms with Crippen molar-refractivity contribution in [2.75, 3.05) is 6.54 Å². The highest BCUT2D eigenvalue weighted by Gasteiger charge is 2.33. The minimum absolute atomic E-state index is 0.0459. The minimum Gasteiger partial charge on any atom is -0.345 e. The largest absolute Gasteiger partial charge is 0.345 e. The first kappa shape index (κ1) is 15.1. The van der Waals surface area contributed by atoms with Crippen molar-refractivity contribution in [3.05, 3.63) is 33.8 Å². The normalized spacial score (nSPS) is 19.1. The van der Waals surface area contributed by atoms with E-state index in [0.717, 1.165) is 12.0 Å². The van der Waals surface area contributed by atoms with Gasteiger partial charge in [-0.2, -0.15) is 0 Å². The Kier molecular flexibility index (Phi) is 4.89. The van der Waals surface area contributed by atoms with E-state index < -0.39 is 6.04 Å². The number of hydrogen-bond donors (Lipinski definition) is 1. The van der Waals surface area contributed by atoms with Crippen LogP contribution in [0.5, 0.6) is 0 Å². The Morgan fingerprint density at radius 3 is 2.75 bits per heavy atom. The van der Waals surface area contributed by atoms with Crippen molar-refractivity contribution in [1.82, 2.24) is 10.2 Å². The van der Waals surface area contributed by atoms with Crippen molar-refractivity contribution in [3.63, 3.8) is 0 Å². The molecule has 20 heavy (non-hydrogen) atoms. The van der Waals surface area contributed by atoms with E-state index in [1.165, 1.54) is 0 Å². The Labute approximate surface area is 128 Å². The van der Waals surface area contributed by atoms with Crippen LogP contribution in [0.4, 0.5) is 0 Å². The molecular formula is C14H16Cl2N2O2. The van der Waals surface area contributed by atoms with Gasteiger partial charge in [-0.05, 0) is 24.1 Å². The number of halogens is 2. The molecular weight excluding hydrogens is 299 g/mol. The van der Waals surface area contributed by atoms with Gasteiger partial charge in [-0.1, -0.05) is 42.6 Å². The molecule has 0 aromatic heterocycles. The van der Waals surface area contributed by atoms with Crippen LogP contribution in [0.25, 0.3) is 0 Å². The summed E-state index contributed by atoms with van der Waals surface area (Å²) in [6.07, 6.45) is 1.47. The third-order valence-corrected chi connectivity index (χ3v) is 3.92. The van der Waals surface area contributed by atoms with E-state index in [-0.39, 0.29) is 18.4 Å². The topological polar surface area (TPSA) is 49.4 Å². The number of nitrogens with one attached hydrogen (secondary N) is 1. The van der Waals surface area contributed by atoms with Gasteiger partial charge in [-0.3, -0.25) is 9.59 Å². The van der Waals surface area contributed by atoms with Gasteiger partial charge in [0.25, 0.3) is 0 Å². The lowest BCUT2D eigenvalue weighted by Gasteiger charge is -2.35. The molecule has 1 aromatic rings. The van der Waals surface area contributed by atoms with Crippen molar-refractivity contribution in [2.24, 2.45) is 0 Å². The summed E-state index contributed by atoms with van der Waals surface area (Å²) in [5.41, 5.74) is 0.792. The van der Waals surface area contributed by atoms with Crippen LogP contribution in [-0.4, -0.2) is 29.3 Å². The van der Waals surface area contributed by atoms with Gasteiger partial charge < -0.3 is 10.2 Å². The third-order valence-electron chi connectivity index (χ3n) is 3.33. The van der Waals surface area contributed by atoms with Gasteiger partial charge in [-0.25, -0.2) is 0 Å². The molecule has 6 heteroatoms. The molecule has 1 saturated heterocycles. The van der Waals surface area contributed by atoms with Crippen LogP contribution < -0.4 is 5.32 Å². The van der Waals surface area contributed by atoms with E-state index in [1.807, 2.05) is 6.92 Å². The van der Waals surface area contributed by atoms with E-state index in [0.29, 0.717) is 23.0 Å². The molecule has 1 heterocycles. The number of amides is 2. The first-order chi connectivity index (χ1) is 9.52. The van der Waals surface area contributed by atoms with E-state index in [1.54, 1.807) is 23.1 Å². The second-order valence-corrected chi connectivity index (χ2v) is 5.62. The Balaban J connectivity index is 2.23. The van der Waals surface area contributed by atoms with Gasteiger partial charge in [0.1, 0.15) is 6.04 Å². The fourth-order valence-electron chi connectivity index (χ4n) is 2.29. The van der Waals surface area contributed by atoms with Crippen LogP contribution in [0, 0.1) is 0 Å². The molecule has 2 amide bonds. The second-order valence-electron chi connectivity index (χ2n) is 4.78. The Hall–Kier alpha value is -1.26. The fourth-order valence-corrected chi connectivity index (χ4v) is 2.76. The smallest absolute Gasteiger partial charge is 0.243 e. The summed E-state index contributed by atoms with van der Waals surface area (Å²) >= 11 is 12.0. The standard InChI is InChI=1S/C14H16Cl2N2O2/c1-2-3-12-14(20)17-7-13(19)18(12)8-9-4-5-10(15)6-11(9)16/h4-6,12H,2-3,7-8H2,1H3,(H,17,20). The molecule has 1 atom stereocenters. The zero-order chi connectivity index (χ0) is 14.7. The van der Waals surface area contributed by atoms with Crippen LogP contribution in [0.3, 0.4) is 0 Å². The monoisotopic (exact) mass is 314 g/mol. The molecule has 0 bridgehead atoms. The summed E-state index contributed by atoms with van der Waals surface area (Å²) in [5, 5.41) is 3.68. The Bertz CT molecular complexity index is 534. The Morgan fingerprint density at radius 2 is 2.10 bits per heavy atom. The van der Waals surface area contributed by atoms with Crippen molar-refractivity contribution in [2.45, 2.75) is 32.4 Å². The first-order valence-corrected chi connectivity index (χ1v) is 7.29. The minimum atomic E-state index is -0.423. The number of benzene rings is 1. The number of carbonyl (C=O) groups excluding carboxylic acids is 2. The maximum Gasteiger partial charge on any atom is 0.243 e. The average Bonchev–Trinajstić information content (AvgIpc) is 2.40. The van der Waals surface area contributed by atoms with Crippen molar-refractivity contribution in [3.8, 4) is 0 Å². The first-order valence-electron chi connectivity index (χ1n) is 6.54.